The van der Waals surface area contributed by atoms with Crippen LogP contribution in [0.2, 0.25) is 0 Å². The molecule has 2 N–H and O–H groups in total. The molecule has 4 rings (SSSR count). The third kappa shape index (κ3) is 4.54. The number of anilines is 1. The number of nitrogens with one attached hydrogen (secondary N) is 1. The number of aliphatic carboxylic acids is 1. The molecule has 10 heteroatoms. The van der Waals surface area contributed by atoms with Crippen molar-refractivity contribution >= 4 is 45.6 Å². The fraction of sp³-hybridized carbons (Fsp3) is 0.227. The molecular weight excluding hydrogens is 448 g/mol. The number of piperidine rings is 1. The number of hydrogen-bond donors (Lipinski definition) is 2. The number of carboxylic acids is 1. The Morgan fingerprint density at radius 3 is 2.41 bits per heavy atom. The molecular formula is C22H18N4O4S2. The molecule has 32 heavy (non-hydrogen) atoms. The van der Waals surface area contributed by atoms with Crippen LogP contribution < -0.4 is 5.32 Å². The molecule has 0 atom stereocenters. The van der Waals surface area contributed by atoms with Gasteiger partial charge in [0.15, 0.2) is 5.13 Å². The number of thiophene rings is 1. The van der Waals surface area contributed by atoms with E-state index in [0.29, 0.717) is 51.4 Å². The van der Waals surface area contributed by atoms with E-state index in [9.17, 15) is 19.6 Å². The van der Waals surface area contributed by atoms with E-state index in [1.807, 2.05) is 30.3 Å². The molecule has 3 aromatic rings. The largest absolute Gasteiger partial charge is 0.481 e. The summed E-state index contributed by atoms with van der Waals surface area (Å²) in [7, 11) is 0. The molecule has 0 radical (unpaired) electrons. The Balaban J connectivity index is 1.44. The zero-order valence-corrected chi connectivity index (χ0v) is 18.4. The highest BCUT2D eigenvalue weighted by Crippen LogP contribution is 2.31. The second-order valence-electron chi connectivity index (χ2n) is 7.20. The van der Waals surface area contributed by atoms with Crippen LogP contribution in [0.5, 0.6) is 0 Å². The normalized spacial score (nSPS) is 14.0. The number of amides is 2. The van der Waals surface area contributed by atoms with Gasteiger partial charge in [0.05, 0.1) is 15.7 Å². The summed E-state index contributed by atoms with van der Waals surface area (Å²) in [5, 5.41) is 21.5. The number of carboxylic acid groups (broad SMARTS) is 1. The number of rotatable bonds is 5. The lowest BCUT2D eigenvalue weighted by Gasteiger charge is -2.29. The fourth-order valence-electron chi connectivity index (χ4n) is 3.46. The maximum atomic E-state index is 12.7. The molecule has 0 spiro atoms. The Kier molecular flexibility index (Phi) is 6.30. The average Bonchev–Trinajstić information content (AvgIpc) is 3.47. The van der Waals surface area contributed by atoms with E-state index in [-0.39, 0.29) is 5.91 Å². The molecule has 2 aromatic heterocycles. The highest BCUT2D eigenvalue weighted by molar-refractivity contribution is 7.17. The number of nitrogens with zero attached hydrogens (tertiary/aromatic N) is 3. The van der Waals surface area contributed by atoms with Crippen molar-refractivity contribution in [2.75, 3.05) is 18.4 Å². The average molecular weight is 467 g/mol. The molecule has 2 amide bonds. The van der Waals surface area contributed by atoms with Gasteiger partial charge >= 0.3 is 5.97 Å². The van der Waals surface area contributed by atoms with E-state index in [1.165, 1.54) is 0 Å². The maximum absolute atomic E-state index is 12.7. The first-order valence-electron chi connectivity index (χ1n) is 9.86. The lowest BCUT2D eigenvalue weighted by atomic mass is 9.97. The van der Waals surface area contributed by atoms with Gasteiger partial charge in [-0.15, -0.1) is 11.3 Å². The summed E-state index contributed by atoms with van der Waals surface area (Å²) >= 11 is 2.17. The second-order valence-corrected chi connectivity index (χ2v) is 9.28. The van der Waals surface area contributed by atoms with Crippen molar-refractivity contribution in [3.63, 3.8) is 0 Å². The van der Waals surface area contributed by atoms with Crippen molar-refractivity contribution in [1.29, 1.82) is 5.26 Å². The lowest BCUT2D eigenvalue weighted by molar-refractivity contribution is -0.143. The third-order valence-corrected chi connectivity index (χ3v) is 7.12. The summed E-state index contributed by atoms with van der Waals surface area (Å²) < 4.78 is 0. The zero-order chi connectivity index (χ0) is 22.7. The molecule has 1 aromatic carbocycles. The molecule has 3 heterocycles. The van der Waals surface area contributed by atoms with Gasteiger partial charge < -0.3 is 10.0 Å². The predicted octanol–water partition coefficient (Wildman–Crippen LogP) is 3.93. The van der Waals surface area contributed by atoms with Crippen molar-refractivity contribution in [1.82, 2.24) is 9.88 Å². The standard InChI is InChI=1S/C22H18N4O4S2/c23-12-17-18(13-4-2-1-3-5-13)24-22(32-17)25-19(27)15-6-7-16(31-15)20(28)26-10-8-14(9-11-26)21(29)30/h1-7,14H,8-11H2,(H,29,30)(H,24,25,27). The lowest BCUT2D eigenvalue weighted by Crippen LogP contribution is -2.39. The Morgan fingerprint density at radius 1 is 1.06 bits per heavy atom. The highest BCUT2D eigenvalue weighted by atomic mass is 32.1. The van der Waals surface area contributed by atoms with Crippen LogP contribution in [-0.4, -0.2) is 45.9 Å². The number of aromatic nitrogens is 1. The molecule has 1 aliphatic rings. The summed E-state index contributed by atoms with van der Waals surface area (Å²) in [5.74, 6) is -1.85. The molecule has 1 saturated heterocycles. The van der Waals surface area contributed by atoms with Crippen molar-refractivity contribution in [3.8, 4) is 17.3 Å². The Morgan fingerprint density at radius 2 is 1.75 bits per heavy atom. The van der Waals surface area contributed by atoms with Gasteiger partial charge in [-0.1, -0.05) is 41.7 Å². The molecule has 0 aliphatic carbocycles. The summed E-state index contributed by atoms with van der Waals surface area (Å²) in [6.07, 6.45) is 0.851. The van der Waals surface area contributed by atoms with Gasteiger partial charge in [-0.3, -0.25) is 19.7 Å². The van der Waals surface area contributed by atoms with Crippen LogP contribution in [-0.2, 0) is 4.79 Å². The minimum absolute atomic E-state index is 0.203. The van der Waals surface area contributed by atoms with Crippen LogP contribution >= 0.6 is 22.7 Å². The van der Waals surface area contributed by atoms with E-state index in [0.717, 1.165) is 28.2 Å². The number of thiazole rings is 1. The molecule has 8 nitrogen and oxygen atoms in total. The van der Waals surface area contributed by atoms with Gasteiger partial charge in [0.1, 0.15) is 16.6 Å². The van der Waals surface area contributed by atoms with Gasteiger partial charge in [0.2, 0.25) is 0 Å². The van der Waals surface area contributed by atoms with Crippen LogP contribution in [0.4, 0.5) is 5.13 Å². The Hall–Kier alpha value is -3.55. The van der Waals surface area contributed by atoms with Crippen molar-refractivity contribution < 1.29 is 19.5 Å². The number of hydrogen-bond acceptors (Lipinski definition) is 7. The number of likely N-dealkylation sites (tertiary alicyclic amines) is 1. The first kappa shape index (κ1) is 21.7. The van der Waals surface area contributed by atoms with Crippen molar-refractivity contribution in [3.05, 3.63) is 57.1 Å². The van der Waals surface area contributed by atoms with Gasteiger partial charge in [-0.25, -0.2) is 4.98 Å². The van der Waals surface area contributed by atoms with Gasteiger partial charge in [-0.2, -0.15) is 5.26 Å². The Bertz CT molecular complexity index is 1200. The summed E-state index contributed by atoms with van der Waals surface area (Å²) in [6, 6.07) is 14.6. The van der Waals surface area contributed by atoms with Crippen LogP contribution in [0.3, 0.4) is 0 Å². The number of carbonyl (C=O) groups excluding carboxylic acids is 2. The first-order chi connectivity index (χ1) is 15.5. The van der Waals surface area contributed by atoms with Crippen LogP contribution in [0.25, 0.3) is 11.3 Å². The van der Waals surface area contributed by atoms with E-state index >= 15 is 0 Å². The molecule has 0 saturated carbocycles. The maximum Gasteiger partial charge on any atom is 0.306 e. The second kappa shape index (κ2) is 9.30. The minimum Gasteiger partial charge on any atom is -0.481 e. The topological polar surface area (TPSA) is 123 Å². The monoisotopic (exact) mass is 466 g/mol. The molecule has 0 bridgehead atoms. The van der Waals surface area contributed by atoms with Crippen LogP contribution in [0, 0.1) is 17.2 Å². The SMILES string of the molecule is N#Cc1sc(NC(=O)c2ccc(C(=O)N3CCC(C(=O)O)CC3)s2)nc1-c1ccccc1. The van der Waals surface area contributed by atoms with Crippen LogP contribution in [0.1, 0.15) is 37.1 Å². The molecule has 1 aliphatic heterocycles. The summed E-state index contributed by atoms with van der Waals surface area (Å²) in [5.41, 5.74) is 1.30. The number of benzene rings is 1. The first-order valence-corrected chi connectivity index (χ1v) is 11.5. The van der Waals surface area contributed by atoms with Gasteiger partial charge in [0, 0.05) is 18.7 Å². The van der Waals surface area contributed by atoms with E-state index in [1.54, 1.807) is 17.0 Å². The minimum atomic E-state index is -0.829. The summed E-state index contributed by atoms with van der Waals surface area (Å²) in [4.78, 5) is 43.7. The fourth-order valence-corrected chi connectivity index (χ4v) is 5.11. The number of nitriles is 1. The van der Waals surface area contributed by atoms with E-state index in [4.69, 9.17) is 5.11 Å². The number of carbonyl (C=O) groups is 3. The highest BCUT2D eigenvalue weighted by Gasteiger charge is 2.28. The molecule has 1 fully saturated rings. The third-order valence-electron chi connectivity index (χ3n) is 5.17. The summed E-state index contributed by atoms with van der Waals surface area (Å²) in [6.45, 7) is 0.765. The Labute approximate surface area is 191 Å². The van der Waals surface area contributed by atoms with Crippen molar-refractivity contribution in [2.45, 2.75) is 12.8 Å². The smallest absolute Gasteiger partial charge is 0.306 e. The molecule has 162 valence electrons. The van der Waals surface area contributed by atoms with Gasteiger partial charge in [-0.05, 0) is 25.0 Å². The zero-order valence-electron chi connectivity index (χ0n) is 16.8. The van der Waals surface area contributed by atoms with Crippen molar-refractivity contribution in [2.24, 2.45) is 5.92 Å². The van der Waals surface area contributed by atoms with E-state index in [2.05, 4.69) is 16.4 Å². The van der Waals surface area contributed by atoms with E-state index < -0.39 is 17.8 Å². The quantitative estimate of drug-likeness (QED) is 0.587. The van der Waals surface area contributed by atoms with Crippen LogP contribution in [0.15, 0.2) is 42.5 Å². The van der Waals surface area contributed by atoms with Gasteiger partial charge in [0.25, 0.3) is 11.8 Å². The molecule has 0 unspecified atom stereocenters. The predicted molar refractivity (Wildman–Crippen MR) is 121 cm³/mol.